The maximum absolute atomic E-state index is 13.9. The molecule has 146 valence electrons. The van der Waals surface area contributed by atoms with Gasteiger partial charge in [0.05, 0.1) is 5.41 Å². The molecule has 1 aromatic carbocycles. The molecular formula is C20H25F2N3O2. The van der Waals surface area contributed by atoms with Crippen molar-refractivity contribution in [2.24, 2.45) is 11.3 Å². The molecule has 1 aromatic rings. The predicted octanol–water partition coefficient (Wildman–Crippen LogP) is 2.03. The lowest BCUT2D eigenvalue weighted by Gasteiger charge is -2.43. The number of halogens is 2. The number of carbonyl (C=O) groups is 2. The zero-order valence-electron chi connectivity index (χ0n) is 15.3. The number of amides is 2. The van der Waals surface area contributed by atoms with Gasteiger partial charge in [-0.15, -0.1) is 0 Å². The molecule has 0 spiro atoms. The third-order valence-electron chi connectivity index (χ3n) is 6.49. The van der Waals surface area contributed by atoms with E-state index in [0.29, 0.717) is 32.1 Å². The standard InChI is InChI=1S/C20H25F2N3O2/c21-15-5-3-6-16(22)17(15)18(26)24-8-10-25(11-9-24)19(27)20-7-2-1-4-14(20)12-23-13-20/h3,5-6,14,23H,1-2,4,7-13H2/t14-,20+/m0/s1. The molecular weight excluding hydrogens is 352 g/mol. The van der Waals surface area contributed by atoms with Gasteiger partial charge in [-0.3, -0.25) is 9.59 Å². The van der Waals surface area contributed by atoms with Gasteiger partial charge in [0, 0.05) is 32.7 Å². The average molecular weight is 377 g/mol. The van der Waals surface area contributed by atoms with Gasteiger partial charge in [0.25, 0.3) is 5.91 Å². The number of hydrogen-bond acceptors (Lipinski definition) is 3. The Morgan fingerprint density at radius 1 is 1.04 bits per heavy atom. The normalized spacial score (nSPS) is 28.1. The number of nitrogens with one attached hydrogen (secondary N) is 1. The van der Waals surface area contributed by atoms with Crippen LogP contribution in [0.3, 0.4) is 0 Å². The number of rotatable bonds is 2. The number of carbonyl (C=O) groups excluding carboxylic acids is 2. The van der Waals surface area contributed by atoms with E-state index in [4.69, 9.17) is 0 Å². The van der Waals surface area contributed by atoms with Crippen molar-refractivity contribution in [1.29, 1.82) is 0 Å². The van der Waals surface area contributed by atoms with Crippen LogP contribution in [0.25, 0.3) is 0 Å². The minimum atomic E-state index is -0.848. The smallest absolute Gasteiger partial charge is 0.259 e. The summed E-state index contributed by atoms with van der Waals surface area (Å²) in [5.41, 5.74) is -0.814. The molecule has 1 aliphatic carbocycles. The third-order valence-corrected chi connectivity index (χ3v) is 6.49. The van der Waals surface area contributed by atoms with Crippen molar-refractivity contribution >= 4 is 11.8 Å². The molecule has 3 aliphatic rings. The first-order valence-corrected chi connectivity index (χ1v) is 9.76. The Morgan fingerprint density at radius 2 is 1.70 bits per heavy atom. The quantitative estimate of drug-likeness (QED) is 0.858. The van der Waals surface area contributed by atoms with Crippen molar-refractivity contribution < 1.29 is 18.4 Å². The molecule has 2 aliphatic heterocycles. The van der Waals surface area contributed by atoms with Crippen LogP contribution in [0.2, 0.25) is 0 Å². The minimum Gasteiger partial charge on any atom is -0.339 e. The van der Waals surface area contributed by atoms with Crippen LogP contribution in [0.1, 0.15) is 36.0 Å². The zero-order chi connectivity index (χ0) is 19.0. The summed E-state index contributed by atoms with van der Waals surface area (Å²) in [5, 5.41) is 3.39. The Morgan fingerprint density at radius 3 is 2.41 bits per heavy atom. The minimum absolute atomic E-state index is 0.182. The molecule has 2 saturated heterocycles. The van der Waals surface area contributed by atoms with Gasteiger partial charge < -0.3 is 15.1 Å². The van der Waals surface area contributed by atoms with Crippen molar-refractivity contribution in [1.82, 2.24) is 15.1 Å². The van der Waals surface area contributed by atoms with Gasteiger partial charge in [-0.05, 0) is 37.4 Å². The summed E-state index contributed by atoms with van der Waals surface area (Å²) in [4.78, 5) is 29.1. The highest BCUT2D eigenvalue weighted by Gasteiger charge is 2.51. The molecule has 3 fully saturated rings. The van der Waals surface area contributed by atoms with Crippen molar-refractivity contribution in [3.05, 3.63) is 35.4 Å². The largest absolute Gasteiger partial charge is 0.339 e. The van der Waals surface area contributed by atoms with E-state index >= 15 is 0 Å². The zero-order valence-corrected chi connectivity index (χ0v) is 15.3. The predicted molar refractivity (Wildman–Crippen MR) is 96.1 cm³/mol. The van der Waals surface area contributed by atoms with E-state index in [1.54, 1.807) is 0 Å². The summed E-state index contributed by atoms with van der Waals surface area (Å²) >= 11 is 0. The van der Waals surface area contributed by atoms with E-state index in [0.717, 1.165) is 44.5 Å². The fourth-order valence-electron chi connectivity index (χ4n) is 4.96. The monoisotopic (exact) mass is 377 g/mol. The van der Waals surface area contributed by atoms with Crippen molar-refractivity contribution in [3.8, 4) is 0 Å². The molecule has 4 rings (SSSR count). The number of hydrogen-bond donors (Lipinski definition) is 1. The Bertz CT molecular complexity index is 728. The number of fused-ring (bicyclic) bond motifs is 1. The summed E-state index contributed by atoms with van der Waals surface area (Å²) < 4.78 is 27.8. The molecule has 2 heterocycles. The van der Waals surface area contributed by atoms with E-state index < -0.39 is 23.1 Å². The molecule has 7 heteroatoms. The first kappa shape index (κ1) is 18.3. The first-order valence-electron chi connectivity index (χ1n) is 9.76. The Labute approximate surface area is 157 Å². The van der Waals surface area contributed by atoms with Crippen LogP contribution in [0.15, 0.2) is 18.2 Å². The molecule has 0 bridgehead atoms. The number of nitrogens with zero attached hydrogens (tertiary/aromatic N) is 2. The fourth-order valence-corrected chi connectivity index (χ4v) is 4.96. The molecule has 27 heavy (non-hydrogen) atoms. The fraction of sp³-hybridized carbons (Fsp3) is 0.600. The molecule has 0 aromatic heterocycles. The van der Waals surface area contributed by atoms with Crippen molar-refractivity contribution in [2.75, 3.05) is 39.3 Å². The highest BCUT2D eigenvalue weighted by molar-refractivity contribution is 5.95. The number of benzene rings is 1. The third kappa shape index (κ3) is 3.12. The van der Waals surface area contributed by atoms with Gasteiger partial charge >= 0.3 is 0 Å². The lowest BCUT2D eigenvalue weighted by atomic mass is 9.67. The molecule has 2 atom stereocenters. The van der Waals surface area contributed by atoms with Crippen LogP contribution in [0, 0.1) is 23.0 Å². The van der Waals surface area contributed by atoms with E-state index in [1.807, 2.05) is 4.90 Å². The van der Waals surface area contributed by atoms with Crippen molar-refractivity contribution in [2.45, 2.75) is 25.7 Å². The topological polar surface area (TPSA) is 52.7 Å². The van der Waals surface area contributed by atoms with Crippen LogP contribution in [0.4, 0.5) is 8.78 Å². The van der Waals surface area contributed by atoms with Crippen LogP contribution in [-0.2, 0) is 4.79 Å². The summed E-state index contributed by atoms with van der Waals surface area (Å²) in [6, 6.07) is 3.42. The lowest BCUT2D eigenvalue weighted by Crippen LogP contribution is -2.56. The summed E-state index contributed by atoms with van der Waals surface area (Å²) in [6.45, 7) is 3.05. The van der Waals surface area contributed by atoms with Crippen LogP contribution in [-0.4, -0.2) is 60.9 Å². The van der Waals surface area contributed by atoms with Gasteiger partial charge in [0.1, 0.15) is 17.2 Å². The van der Waals surface area contributed by atoms with Crippen LogP contribution >= 0.6 is 0 Å². The Balaban J connectivity index is 1.43. The van der Waals surface area contributed by atoms with Crippen LogP contribution < -0.4 is 5.32 Å². The van der Waals surface area contributed by atoms with E-state index in [2.05, 4.69) is 5.32 Å². The second-order valence-corrected chi connectivity index (χ2v) is 7.91. The van der Waals surface area contributed by atoms with E-state index in [1.165, 1.54) is 17.4 Å². The summed E-state index contributed by atoms with van der Waals surface area (Å²) in [5.74, 6) is -1.76. The first-order chi connectivity index (χ1) is 13.0. The van der Waals surface area contributed by atoms with Gasteiger partial charge in [0.2, 0.25) is 5.91 Å². The van der Waals surface area contributed by atoms with Gasteiger partial charge in [0.15, 0.2) is 0 Å². The van der Waals surface area contributed by atoms with Gasteiger partial charge in [-0.25, -0.2) is 8.78 Å². The number of piperazine rings is 1. The van der Waals surface area contributed by atoms with E-state index in [9.17, 15) is 18.4 Å². The Kier molecular flexibility index (Phi) is 4.88. The molecule has 0 unspecified atom stereocenters. The summed E-state index contributed by atoms with van der Waals surface area (Å²) in [7, 11) is 0. The van der Waals surface area contributed by atoms with E-state index in [-0.39, 0.29) is 11.3 Å². The molecule has 2 amide bonds. The van der Waals surface area contributed by atoms with Gasteiger partial charge in [-0.1, -0.05) is 18.9 Å². The van der Waals surface area contributed by atoms with Crippen LogP contribution in [0.5, 0.6) is 0 Å². The second kappa shape index (κ2) is 7.19. The molecule has 1 N–H and O–H groups in total. The molecule has 5 nitrogen and oxygen atoms in total. The molecule has 0 radical (unpaired) electrons. The summed E-state index contributed by atoms with van der Waals surface area (Å²) in [6.07, 6.45) is 4.26. The lowest BCUT2D eigenvalue weighted by molar-refractivity contribution is -0.146. The highest BCUT2D eigenvalue weighted by Crippen LogP contribution is 2.45. The molecule has 1 saturated carbocycles. The maximum Gasteiger partial charge on any atom is 0.259 e. The highest BCUT2D eigenvalue weighted by atomic mass is 19.1. The maximum atomic E-state index is 13.9. The SMILES string of the molecule is O=C(c1c(F)cccc1F)N1CCN(C(=O)[C@@]23CCCC[C@H]2CNC3)CC1. The Hall–Kier alpha value is -2.02. The second-order valence-electron chi connectivity index (χ2n) is 7.91. The van der Waals surface area contributed by atoms with Gasteiger partial charge in [-0.2, -0.15) is 0 Å². The van der Waals surface area contributed by atoms with Crippen molar-refractivity contribution in [3.63, 3.8) is 0 Å². The average Bonchev–Trinajstić information content (AvgIpc) is 3.12.